The average molecular weight is 529 g/mol. The monoisotopic (exact) mass is 528 g/mol. The number of ether oxygens (including phenoxy) is 2. The quantitative estimate of drug-likeness (QED) is 0.250. The zero-order chi connectivity index (χ0) is 26.5. The van der Waals surface area contributed by atoms with Gasteiger partial charge in [0.25, 0.3) is 0 Å². The van der Waals surface area contributed by atoms with E-state index < -0.39 is 0 Å². The summed E-state index contributed by atoms with van der Waals surface area (Å²) < 4.78 is 11.6. The van der Waals surface area contributed by atoms with Crippen molar-refractivity contribution in [3.05, 3.63) is 71.4 Å². The number of aromatic nitrogens is 4. The Morgan fingerprint density at radius 2 is 2.00 bits per heavy atom. The summed E-state index contributed by atoms with van der Waals surface area (Å²) in [6.45, 7) is 2.18. The van der Waals surface area contributed by atoms with Gasteiger partial charge in [-0.05, 0) is 43.9 Å². The molecule has 1 atom stereocenters. The molecule has 1 unspecified atom stereocenters. The summed E-state index contributed by atoms with van der Waals surface area (Å²) >= 11 is 5.91. The van der Waals surface area contributed by atoms with Gasteiger partial charge >= 0.3 is 0 Å². The first-order valence-corrected chi connectivity index (χ1v) is 12.5. The first-order valence-electron chi connectivity index (χ1n) is 12.2. The van der Waals surface area contributed by atoms with E-state index in [1.165, 1.54) is 0 Å². The number of amides is 1. The van der Waals surface area contributed by atoms with Gasteiger partial charge in [0.05, 0.1) is 5.56 Å². The summed E-state index contributed by atoms with van der Waals surface area (Å²) in [6.07, 6.45) is 6.61. The molecule has 1 aliphatic carbocycles. The van der Waals surface area contributed by atoms with Crippen molar-refractivity contribution in [1.82, 2.24) is 19.9 Å². The second-order valence-corrected chi connectivity index (χ2v) is 9.20. The normalized spacial score (nSPS) is 13.2. The van der Waals surface area contributed by atoms with E-state index in [1.54, 1.807) is 56.0 Å². The third-order valence-corrected chi connectivity index (χ3v) is 5.97. The lowest BCUT2D eigenvalue weighted by Gasteiger charge is -2.15. The number of halogens is 1. The minimum atomic E-state index is -0.255. The number of carbonyl (C=O) groups excluding carboxylic acids is 1. The van der Waals surface area contributed by atoms with Gasteiger partial charge in [0, 0.05) is 54.5 Å². The van der Waals surface area contributed by atoms with E-state index in [0.717, 1.165) is 23.6 Å². The Kier molecular flexibility index (Phi) is 7.52. The second kappa shape index (κ2) is 11.3. The highest BCUT2D eigenvalue weighted by Crippen LogP contribution is 2.31. The molecule has 0 aliphatic heterocycles. The van der Waals surface area contributed by atoms with Crippen molar-refractivity contribution < 1.29 is 14.3 Å². The first-order chi connectivity index (χ1) is 18.5. The molecule has 0 bridgehead atoms. The van der Waals surface area contributed by atoms with Crippen LogP contribution in [0, 0.1) is 17.8 Å². The van der Waals surface area contributed by atoms with Crippen LogP contribution < -0.4 is 20.1 Å². The number of rotatable bonds is 8. The van der Waals surface area contributed by atoms with Crippen molar-refractivity contribution in [3.63, 3.8) is 0 Å². The molecule has 0 radical (unpaired) electrons. The molecule has 1 saturated carbocycles. The lowest BCUT2D eigenvalue weighted by atomic mass is 10.1. The van der Waals surface area contributed by atoms with Crippen LogP contribution in [0.3, 0.4) is 0 Å². The molecule has 1 aliphatic rings. The minimum absolute atomic E-state index is 0.00283. The van der Waals surface area contributed by atoms with Gasteiger partial charge in [-0.2, -0.15) is 0 Å². The molecule has 1 amide bonds. The third kappa shape index (κ3) is 6.28. The Hall–Kier alpha value is -4.42. The SMILES string of the molecule is CNc1ncc(C#Cc2cc(OCC(C)Oc3cccc(Cl)n3)ccn2)c2cc(NC(=O)C3CC3)ncc12. The minimum Gasteiger partial charge on any atom is -0.490 e. The summed E-state index contributed by atoms with van der Waals surface area (Å²) in [5.41, 5.74) is 1.22. The fourth-order valence-electron chi connectivity index (χ4n) is 3.69. The van der Waals surface area contributed by atoms with E-state index in [4.69, 9.17) is 21.1 Å². The highest BCUT2D eigenvalue weighted by molar-refractivity contribution is 6.29. The molecule has 5 rings (SSSR count). The zero-order valence-corrected chi connectivity index (χ0v) is 21.6. The smallest absolute Gasteiger partial charge is 0.228 e. The Morgan fingerprint density at radius 1 is 1.13 bits per heavy atom. The molecule has 4 aromatic rings. The maximum absolute atomic E-state index is 12.2. The Labute approximate surface area is 225 Å². The van der Waals surface area contributed by atoms with Crippen LogP contribution in [-0.2, 0) is 4.79 Å². The topological polar surface area (TPSA) is 111 Å². The molecule has 9 nitrogen and oxygen atoms in total. The molecule has 0 saturated heterocycles. The van der Waals surface area contributed by atoms with Crippen LogP contribution in [0.5, 0.6) is 11.6 Å². The van der Waals surface area contributed by atoms with E-state index >= 15 is 0 Å². The maximum atomic E-state index is 12.2. The lowest BCUT2D eigenvalue weighted by Crippen LogP contribution is -2.21. The van der Waals surface area contributed by atoms with Gasteiger partial charge in [0.2, 0.25) is 11.8 Å². The van der Waals surface area contributed by atoms with Crippen molar-refractivity contribution in [3.8, 4) is 23.5 Å². The van der Waals surface area contributed by atoms with Gasteiger partial charge in [0.1, 0.15) is 40.9 Å². The maximum Gasteiger partial charge on any atom is 0.228 e. The number of fused-ring (bicyclic) bond motifs is 1. The van der Waals surface area contributed by atoms with Gasteiger partial charge in [0.15, 0.2) is 0 Å². The molecule has 4 heterocycles. The molecule has 192 valence electrons. The van der Waals surface area contributed by atoms with Gasteiger partial charge in [-0.1, -0.05) is 23.6 Å². The Morgan fingerprint density at radius 3 is 2.79 bits per heavy atom. The van der Waals surface area contributed by atoms with Crippen LogP contribution in [0.25, 0.3) is 10.8 Å². The van der Waals surface area contributed by atoms with Gasteiger partial charge in [-0.3, -0.25) is 4.79 Å². The number of carbonyl (C=O) groups is 1. The summed E-state index contributed by atoms with van der Waals surface area (Å²) in [7, 11) is 1.79. The fraction of sp³-hybridized carbons (Fsp3) is 0.250. The third-order valence-electron chi connectivity index (χ3n) is 5.76. The number of hydrogen-bond acceptors (Lipinski definition) is 8. The zero-order valence-electron chi connectivity index (χ0n) is 20.9. The molecule has 1 fully saturated rings. The van der Waals surface area contributed by atoms with Crippen molar-refractivity contribution in [2.24, 2.45) is 5.92 Å². The largest absolute Gasteiger partial charge is 0.490 e. The van der Waals surface area contributed by atoms with Crippen molar-refractivity contribution in [2.45, 2.75) is 25.9 Å². The van der Waals surface area contributed by atoms with Crippen LogP contribution in [0.2, 0.25) is 5.15 Å². The first kappa shape index (κ1) is 25.2. The van der Waals surface area contributed by atoms with E-state index in [9.17, 15) is 4.79 Å². The van der Waals surface area contributed by atoms with Crippen molar-refractivity contribution in [2.75, 3.05) is 24.3 Å². The molecule has 0 aromatic carbocycles. The van der Waals surface area contributed by atoms with E-state index in [2.05, 4.69) is 42.4 Å². The van der Waals surface area contributed by atoms with Gasteiger partial charge in [-0.25, -0.2) is 19.9 Å². The Balaban J connectivity index is 1.32. The van der Waals surface area contributed by atoms with E-state index in [1.807, 2.05) is 13.0 Å². The molecule has 0 spiro atoms. The van der Waals surface area contributed by atoms with Crippen molar-refractivity contribution in [1.29, 1.82) is 0 Å². The van der Waals surface area contributed by atoms with Crippen LogP contribution in [0.15, 0.2) is 55.0 Å². The van der Waals surface area contributed by atoms with Crippen LogP contribution >= 0.6 is 11.6 Å². The second-order valence-electron chi connectivity index (χ2n) is 8.81. The molecular formula is C28H25ClN6O3. The summed E-state index contributed by atoms with van der Waals surface area (Å²) in [5, 5.41) is 7.96. The Bertz CT molecular complexity index is 1550. The molecular weight excluding hydrogens is 504 g/mol. The van der Waals surface area contributed by atoms with Crippen LogP contribution in [0.1, 0.15) is 31.0 Å². The number of nitrogens with one attached hydrogen (secondary N) is 2. The average Bonchev–Trinajstić information content (AvgIpc) is 3.77. The predicted molar refractivity (Wildman–Crippen MR) is 145 cm³/mol. The summed E-state index contributed by atoms with van der Waals surface area (Å²) in [4.78, 5) is 29.5. The van der Waals surface area contributed by atoms with E-state index in [-0.39, 0.29) is 17.9 Å². The van der Waals surface area contributed by atoms with Crippen LogP contribution in [-0.4, -0.2) is 45.6 Å². The summed E-state index contributed by atoms with van der Waals surface area (Å²) in [6, 6.07) is 10.5. The number of hydrogen-bond donors (Lipinski definition) is 2. The van der Waals surface area contributed by atoms with E-state index in [0.29, 0.717) is 46.3 Å². The number of anilines is 2. The van der Waals surface area contributed by atoms with Gasteiger partial charge in [-0.15, -0.1) is 0 Å². The standard InChI is InChI=1S/C28H25ClN6O3/c1-17(38-26-5-3-4-24(29)34-26)16-37-21-10-11-31-20(12-21)9-8-19-14-33-27(30-2)23-15-32-25(13-22(19)23)35-28(36)18-6-7-18/h3-5,10-15,17-18H,6-7,16H2,1-2H3,(H,30,33)(H,32,35,36). The predicted octanol–water partition coefficient (Wildman–Crippen LogP) is 4.71. The summed E-state index contributed by atoms with van der Waals surface area (Å²) in [5.74, 6) is 8.54. The van der Waals surface area contributed by atoms with Crippen molar-refractivity contribution >= 4 is 39.9 Å². The number of nitrogens with zero attached hydrogens (tertiary/aromatic N) is 4. The highest BCUT2D eigenvalue weighted by Gasteiger charge is 2.29. The van der Waals surface area contributed by atoms with Gasteiger partial charge < -0.3 is 20.1 Å². The number of pyridine rings is 4. The highest BCUT2D eigenvalue weighted by atomic mass is 35.5. The lowest BCUT2D eigenvalue weighted by molar-refractivity contribution is -0.117. The fourth-order valence-corrected chi connectivity index (χ4v) is 3.84. The molecule has 10 heteroatoms. The molecule has 38 heavy (non-hydrogen) atoms. The van der Waals surface area contributed by atoms with Crippen LogP contribution in [0.4, 0.5) is 11.6 Å². The molecule has 4 aromatic heterocycles. The molecule has 2 N–H and O–H groups in total.